The SMILES string of the molecule is CCOC(=O)c1ccc(N(CC)S(=O)(=O)c2ccc(NC(C)=O)cc2)cc1. The van der Waals surface area contributed by atoms with Crippen molar-refractivity contribution in [1.82, 2.24) is 0 Å². The number of benzene rings is 2. The van der Waals surface area contributed by atoms with Crippen molar-refractivity contribution in [1.29, 1.82) is 0 Å². The Kier molecular flexibility index (Phi) is 6.57. The van der Waals surface area contributed by atoms with Gasteiger partial charge in [0.05, 0.1) is 22.8 Å². The van der Waals surface area contributed by atoms with Gasteiger partial charge in [-0.2, -0.15) is 0 Å². The summed E-state index contributed by atoms with van der Waals surface area (Å²) in [7, 11) is -3.79. The van der Waals surface area contributed by atoms with Crippen molar-refractivity contribution in [3.05, 3.63) is 54.1 Å². The lowest BCUT2D eigenvalue weighted by Crippen LogP contribution is -2.30. The van der Waals surface area contributed by atoms with E-state index in [1.165, 1.54) is 47.6 Å². The van der Waals surface area contributed by atoms with E-state index < -0.39 is 16.0 Å². The number of rotatable bonds is 7. The number of carbonyl (C=O) groups is 2. The van der Waals surface area contributed by atoms with Crippen molar-refractivity contribution >= 4 is 33.3 Å². The van der Waals surface area contributed by atoms with Gasteiger partial charge in [-0.1, -0.05) is 0 Å². The fourth-order valence-electron chi connectivity index (χ4n) is 2.51. The van der Waals surface area contributed by atoms with Crippen molar-refractivity contribution in [2.45, 2.75) is 25.7 Å². The smallest absolute Gasteiger partial charge is 0.338 e. The molecule has 0 aliphatic heterocycles. The van der Waals surface area contributed by atoms with E-state index in [4.69, 9.17) is 4.74 Å². The predicted molar refractivity (Wildman–Crippen MR) is 103 cm³/mol. The van der Waals surface area contributed by atoms with Gasteiger partial charge in [0.1, 0.15) is 0 Å². The summed E-state index contributed by atoms with van der Waals surface area (Å²) in [5.74, 6) is -0.689. The largest absolute Gasteiger partial charge is 0.462 e. The van der Waals surface area contributed by atoms with Crippen molar-refractivity contribution in [3.8, 4) is 0 Å². The Hall–Kier alpha value is -2.87. The zero-order valence-electron chi connectivity index (χ0n) is 15.4. The van der Waals surface area contributed by atoms with Crippen LogP contribution in [0.1, 0.15) is 31.1 Å². The van der Waals surface area contributed by atoms with Crippen LogP contribution >= 0.6 is 0 Å². The van der Waals surface area contributed by atoms with Crippen molar-refractivity contribution in [2.24, 2.45) is 0 Å². The average Bonchev–Trinajstić information content (AvgIpc) is 2.63. The molecule has 0 aliphatic carbocycles. The summed E-state index contributed by atoms with van der Waals surface area (Å²) < 4.78 is 32.1. The highest BCUT2D eigenvalue weighted by atomic mass is 32.2. The number of carbonyl (C=O) groups excluding carboxylic acids is 2. The summed E-state index contributed by atoms with van der Waals surface area (Å²) in [5, 5.41) is 2.59. The second-order valence-corrected chi connectivity index (χ2v) is 7.51. The van der Waals surface area contributed by atoms with Crippen LogP contribution in [0.2, 0.25) is 0 Å². The summed E-state index contributed by atoms with van der Waals surface area (Å²) in [6.07, 6.45) is 0. The molecule has 0 saturated carbocycles. The average molecular weight is 390 g/mol. The molecule has 0 spiro atoms. The van der Waals surface area contributed by atoms with Gasteiger partial charge in [-0.05, 0) is 62.4 Å². The van der Waals surface area contributed by atoms with E-state index in [2.05, 4.69) is 5.32 Å². The van der Waals surface area contributed by atoms with Crippen LogP contribution in [0.25, 0.3) is 0 Å². The molecule has 0 fully saturated rings. The molecule has 0 atom stereocenters. The Morgan fingerprint density at radius 1 is 1.00 bits per heavy atom. The van der Waals surface area contributed by atoms with Crippen molar-refractivity contribution in [2.75, 3.05) is 22.8 Å². The van der Waals surface area contributed by atoms with Crippen LogP contribution in [0.5, 0.6) is 0 Å². The van der Waals surface area contributed by atoms with Gasteiger partial charge < -0.3 is 10.1 Å². The molecule has 0 aromatic heterocycles. The molecule has 7 nitrogen and oxygen atoms in total. The Morgan fingerprint density at radius 2 is 1.59 bits per heavy atom. The van der Waals surface area contributed by atoms with Crippen LogP contribution in [0, 0.1) is 0 Å². The fourth-order valence-corrected chi connectivity index (χ4v) is 3.98. The van der Waals surface area contributed by atoms with Gasteiger partial charge in [0.25, 0.3) is 10.0 Å². The maximum Gasteiger partial charge on any atom is 0.338 e. The number of sulfonamides is 1. The van der Waals surface area contributed by atoms with Crippen LogP contribution in [0.4, 0.5) is 11.4 Å². The molecule has 144 valence electrons. The molecule has 0 unspecified atom stereocenters. The molecular weight excluding hydrogens is 368 g/mol. The van der Waals surface area contributed by atoms with E-state index in [1.54, 1.807) is 26.0 Å². The van der Waals surface area contributed by atoms with E-state index >= 15 is 0 Å². The lowest BCUT2D eigenvalue weighted by Gasteiger charge is -2.23. The normalized spacial score (nSPS) is 10.9. The summed E-state index contributed by atoms with van der Waals surface area (Å²) in [6, 6.07) is 12.2. The van der Waals surface area contributed by atoms with E-state index in [-0.39, 0.29) is 24.0 Å². The molecule has 0 saturated heterocycles. The van der Waals surface area contributed by atoms with Crippen LogP contribution < -0.4 is 9.62 Å². The minimum atomic E-state index is -3.79. The van der Waals surface area contributed by atoms with Crippen molar-refractivity contribution < 1.29 is 22.7 Å². The number of nitrogens with one attached hydrogen (secondary N) is 1. The minimum Gasteiger partial charge on any atom is -0.462 e. The summed E-state index contributed by atoms with van der Waals surface area (Å²) in [4.78, 5) is 22.9. The Labute approximate surface area is 159 Å². The standard InChI is InChI=1S/C19H22N2O5S/c1-4-21(17-10-6-15(7-11-17)19(23)26-5-2)27(24,25)18-12-8-16(9-13-18)20-14(3)22/h6-13H,4-5H2,1-3H3,(H,20,22). The lowest BCUT2D eigenvalue weighted by molar-refractivity contribution is -0.114. The number of hydrogen-bond acceptors (Lipinski definition) is 5. The first-order valence-electron chi connectivity index (χ1n) is 8.47. The summed E-state index contributed by atoms with van der Waals surface area (Å²) in [6.45, 7) is 5.31. The molecular formula is C19H22N2O5S. The summed E-state index contributed by atoms with van der Waals surface area (Å²) >= 11 is 0. The molecule has 1 amide bonds. The molecule has 2 aromatic carbocycles. The zero-order chi connectivity index (χ0) is 20.0. The molecule has 2 aromatic rings. The highest BCUT2D eigenvalue weighted by Crippen LogP contribution is 2.25. The lowest BCUT2D eigenvalue weighted by atomic mass is 10.2. The fraction of sp³-hybridized carbons (Fsp3) is 0.263. The Balaban J connectivity index is 2.29. The molecule has 1 N–H and O–H groups in total. The highest BCUT2D eigenvalue weighted by molar-refractivity contribution is 7.92. The molecule has 0 bridgehead atoms. The number of ether oxygens (including phenoxy) is 1. The first-order chi connectivity index (χ1) is 12.8. The molecule has 2 rings (SSSR count). The molecule has 8 heteroatoms. The topological polar surface area (TPSA) is 92.8 Å². The molecule has 0 radical (unpaired) electrons. The van der Waals surface area contributed by atoms with Crippen LogP contribution in [0.3, 0.4) is 0 Å². The third kappa shape index (κ3) is 4.85. The Morgan fingerprint density at radius 3 is 2.07 bits per heavy atom. The van der Waals surface area contributed by atoms with Gasteiger partial charge in [0, 0.05) is 19.2 Å². The van der Waals surface area contributed by atoms with Gasteiger partial charge in [-0.25, -0.2) is 13.2 Å². The van der Waals surface area contributed by atoms with Crippen LogP contribution in [-0.2, 0) is 19.6 Å². The van der Waals surface area contributed by atoms with E-state index in [0.717, 1.165) is 0 Å². The summed E-state index contributed by atoms with van der Waals surface area (Å²) in [5.41, 5.74) is 1.31. The second-order valence-electron chi connectivity index (χ2n) is 5.64. The van der Waals surface area contributed by atoms with Gasteiger partial charge in [0.2, 0.25) is 5.91 Å². The molecule has 0 aliphatic rings. The molecule has 0 heterocycles. The maximum absolute atomic E-state index is 13.0. The van der Waals surface area contributed by atoms with Crippen molar-refractivity contribution in [3.63, 3.8) is 0 Å². The number of esters is 1. The van der Waals surface area contributed by atoms with Gasteiger partial charge in [-0.3, -0.25) is 9.10 Å². The number of amides is 1. The predicted octanol–water partition coefficient (Wildman–Crippen LogP) is 3.04. The van der Waals surface area contributed by atoms with Gasteiger partial charge >= 0.3 is 5.97 Å². The number of hydrogen-bond donors (Lipinski definition) is 1. The quantitative estimate of drug-likeness (QED) is 0.734. The van der Waals surface area contributed by atoms with Gasteiger partial charge in [0.15, 0.2) is 0 Å². The zero-order valence-corrected chi connectivity index (χ0v) is 16.2. The third-order valence-corrected chi connectivity index (χ3v) is 5.63. The van der Waals surface area contributed by atoms with E-state index in [1.807, 2.05) is 0 Å². The Bertz CT molecular complexity index is 906. The monoisotopic (exact) mass is 390 g/mol. The van der Waals surface area contributed by atoms with E-state index in [9.17, 15) is 18.0 Å². The highest BCUT2D eigenvalue weighted by Gasteiger charge is 2.23. The minimum absolute atomic E-state index is 0.105. The van der Waals surface area contributed by atoms with Gasteiger partial charge in [-0.15, -0.1) is 0 Å². The number of nitrogens with zero attached hydrogens (tertiary/aromatic N) is 1. The van der Waals surface area contributed by atoms with E-state index in [0.29, 0.717) is 16.9 Å². The van der Waals surface area contributed by atoms with Crippen LogP contribution in [0.15, 0.2) is 53.4 Å². The van der Waals surface area contributed by atoms with Crippen LogP contribution in [-0.4, -0.2) is 33.4 Å². The number of anilines is 2. The molecule has 27 heavy (non-hydrogen) atoms. The first-order valence-corrected chi connectivity index (χ1v) is 9.91. The second kappa shape index (κ2) is 8.68. The third-order valence-electron chi connectivity index (χ3n) is 3.72. The first kappa shape index (κ1) is 20.4. The maximum atomic E-state index is 13.0.